The first-order chi connectivity index (χ1) is 16.0. The molecule has 0 saturated carbocycles. The molecule has 1 atom stereocenters. The maximum Gasteiger partial charge on any atom is 0.227 e. The van der Waals surface area contributed by atoms with Crippen molar-refractivity contribution >= 4 is 40.8 Å². The molecule has 33 heavy (non-hydrogen) atoms. The normalized spacial score (nSPS) is 18.8. The molecule has 3 aromatic rings. The fraction of sp³-hybridized carbons (Fsp3) is 0.375. The second-order valence-corrected chi connectivity index (χ2v) is 9.35. The quantitative estimate of drug-likeness (QED) is 0.498. The fourth-order valence-corrected chi connectivity index (χ4v) is 4.95. The molecule has 172 valence electrons. The number of benzene rings is 1. The Kier molecular flexibility index (Phi) is 6.25. The Labute approximate surface area is 203 Å². The summed E-state index contributed by atoms with van der Waals surface area (Å²) in [5.74, 6) is 1.95. The van der Waals surface area contributed by atoms with Gasteiger partial charge in [-0.2, -0.15) is 4.98 Å². The van der Waals surface area contributed by atoms with Crippen LogP contribution in [0.15, 0.2) is 42.6 Å². The largest absolute Gasteiger partial charge is 0.352 e. The summed E-state index contributed by atoms with van der Waals surface area (Å²) in [7, 11) is 0. The van der Waals surface area contributed by atoms with Gasteiger partial charge in [-0.3, -0.25) is 0 Å². The average Bonchev–Trinajstić information content (AvgIpc) is 3.36. The highest BCUT2D eigenvalue weighted by Crippen LogP contribution is 2.31. The van der Waals surface area contributed by atoms with Crippen molar-refractivity contribution in [3.05, 3.63) is 58.5 Å². The first kappa shape index (κ1) is 22.2. The number of halogens is 3. The molecule has 6 nitrogen and oxygen atoms in total. The lowest BCUT2D eigenvalue weighted by atomic mass is 10.1. The number of rotatable bonds is 4. The fourth-order valence-electron chi connectivity index (χ4n) is 4.53. The first-order valence-corrected chi connectivity index (χ1v) is 12.0. The van der Waals surface area contributed by atoms with Crippen molar-refractivity contribution in [2.24, 2.45) is 0 Å². The van der Waals surface area contributed by atoms with E-state index in [1.165, 1.54) is 6.07 Å². The van der Waals surface area contributed by atoms with Crippen molar-refractivity contribution in [3.8, 4) is 11.3 Å². The van der Waals surface area contributed by atoms with E-state index in [2.05, 4.69) is 26.6 Å². The second-order valence-electron chi connectivity index (χ2n) is 8.53. The Morgan fingerprint density at radius 3 is 2.48 bits per heavy atom. The van der Waals surface area contributed by atoms with Crippen molar-refractivity contribution in [1.82, 2.24) is 15.0 Å². The number of hydrogen-bond donors (Lipinski definition) is 0. The number of anilines is 3. The topological polar surface area (TPSA) is 48.4 Å². The van der Waals surface area contributed by atoms with Gasteiger partial charge in [0.15, 0.2) is 0 Å². The number of nitrogens with zero attached hydrogens (tertiary/aromatic N) is 6. The lowest BCUT2D eigenvalue weighted by Gasteiger charge is -2.41. The smallest absolute Gasteiger partial charge is 0.227 e. The van der Waals surface area contributed by atoms with E-state index in [0.717, 1.165) is 68.5 Å². The van der Waals surface area contributed by atoms with Gasteiger partial charge in [0, 0.05) is 56.6 Å². The molecule has 1 aromatic carbocycles. The molecular formula is C24H25Cl2FN6. The molecule has 0 radical (unpaired) electrons. The number of piperazine rings is 1. The summed E-state index contributed by atoms with van der Waals surface area (Å²) in [6.45, 7) is 6.38. The molecule has 0 unspecified atom stereocenters. The summed E-state index contributed by atoms with van der Waals surface area (Å²) in [6, 6.07) is 10.6. The summed E-state index contributed by atoms with van der Waals surface area (Å²) in [4.78, 5) is 21.0. The second kappa shape index (κ2) is 9.31. The monoisotopic (exact) mass is 486 g/mol. The Hall–Kier alpha value is -2.64. The minimum Gasteiger partial charge on any atom is -0.352 e. The maximum atomic E-state index is 13.8. The molecule has 0 spiro atoms. The van der Waals surface area contributed by atoms with Crippen molar-refractivity contribution in [1.29, 1.82) is 0 Å². The highest BCUT2D eigenvalue weighted by molar-refractivity contribution is 6.33. The van der Waals surface area contributed by atoms with Crippen LogP contribution in [0.5, 0.6) is 0 Å². The van der Waals surface area contributed by atoms with Crippen molar-refractivity contribution in [2.45, 2.75) is 25.8 Å². The van der Waals surface area contributed by atoms with E-state index in [1.54, 1.807) is 18.3 Å². The van der Waals surface area contributed by atoms with E-state index in [1.807, 2.05) is 18.2 Å². The minimum atomic E-state index is -0.438. The molecule has 2 aliphatic heterocycles. The molecule has 0 bridgehead atoms. The van der Waals surface area contributed by atoms with Crippen LogP contribution in [0.25, 0.3) is 11.3 Å². The van der Waals surface area contributed by atoms with Gasteiger partial charge in [0.2, 0.25) is 5.95 Å². The molecule has 0 aliphatic carbocycles. The molecular weight excluding hydrogens is 462 g/mol. The molecule has 2 fully saturated rings. The molecule has 2 aliphatic rings. The van der Waals surface area contributed by atoms with Gasteiger partial charge < -0.3 is 14.7 Å². The van der Waals surface area contributed by atoms with Gasteiger partial charge in [0.05, 0.1) is 15.7 Å². The number of hydrogen-bond acceptors (Lipinski definition) is 6. The molecule has 4 heterocycles. The number of aromatic nitrogens is 3. The molecule has 2 saturated heterocycles. The third kappa shape index (κ3) is 4.57. The van der Waals surface area contributed by atoms with Gasteiger partial charge in [0.25, 0.3) is 0 Å². The van der Waals surface area contributed by atoms with Crippen LogP contribution in [0.2, 0.25) is 10.0 Å². The predicted octanol–water partition coefficient (Wildman–Crippen LogP) is 5.30. The zero-order valence-corrected chi connectivity index (χ0v) is 19.9. The van der Waals surface area contributed by atoms with Crippen LogP contribution in [0.4, 0.5) is 22.0 Å². The predicted molar refractivity (Wildman–Crippen MR) is 132 cm³/mol. The zero-order chi connectivity index (χ0) is 22.9. The van der Waals surface area contributed by atoms with Gasteiger partial charge in [-0.15, -0.1) is 0 Å². The van der Waals surface area contributed by atoms with Crippen molar-refractivity contribution in [3.63, 3.8) is 0 Å². The van der Waals surface area contributed by atoms with Crippen molar-refractivity contribution in [2.75, 3.05) is 47.4 Å². The van der Waals surface area contributed by atoms with Gasteiger partial charge >= 0.3 is 0 Å². The standard InChI is InChI=1S/C24H25Cl2FN6/c1-16-15-32(23-18(25)5-4-8-28-23)11-12-33(16)22-14-21(17-6-7-20(27)19(26)13-17)29-24(30-22)31-9-2-3-10-31/h4-8,13-14,16H,2-3,9-12,15H2,1H3/t16-/m0/s1. The highest BCUT2D eigenvalue weighted by atomic mass is 35.5. The molecule has 0 N–H and O–H groups in total. The summed E-state index contributed by atoms with van der Waals surface area (Å²) in [5.41, 5.74) is 1.52. The Morgan fingerprint density at radius 1 is 0.939 bits per heavy atom. The summed E-state index contributed by atoms with van der Waals surface area (Å²) < 4.78 is 13.8. The van der Waals surface area contributed by atoms with Crippen molar-refractivity contribution < 1.29 is 4.39 Å². The molecule has 0 amide bonds. The van der Waals surface area contributed by atoms with Gasteiger partial charge in [-0.1, -0.05) is 23.2 Å². The summed E-state index contributed by atoms with van der Waals surface area (Å²) >= 11 is 12.5. The van der Waals surface area contributed by atoms with E-state index in [-0.39, 0.29) is 11.1 Å². The van der Waals surface area contributed by atoms with Crippen LogP contribution in [0, 0.1) is 5.82 Å². The van der Waals surface area contributed by atoms with Gasteiger partial charge in [-0.05, 0) is 50.1 Å². The van der Waals surface area contributed by atoms with E-state index >= 15 is 0 Å². The van der Waals surface area contributed by atoms with E-state index in [0.29, 0.717) is 11.0 Å². The van der Waals surface area contributed by atoms with E-state index < -0.39 is 5.82 Å². The Morgan fingerprint density at radius 2 is 1.76 bits per heavy atom. The van der Waals surface area contributed by atoms with Crippen LogP contribution in [-0.2, 0) is 0 Å². The molecule has 5 rings (SSSR count). The third-order valence-electron chi connectivity index (χ3n) is 6.27. The average molecular weight is 487 g/mol. The van der Waals surface area contributed by atoms with Gasteiger partial charge in [-0.25, -0.2) is 14.4 Å². The SMILES string of the molecule is C[C@H]1CN(c2ncccc2Cl)CCN1c1cc(-c2ccc(F)c(Cl)c2)nc(N2CCCC2)n1. The van der Waals surface area contributed by atoms with Crippen LogP contribution >= 0.6 is 23.2 Å². The van der Waals surface area contributed by atoms with Crippen LogP contribution in [-0.4, -0.2) is 53.7 Å². The third-order valence-corrected chi connectivity index (χ3v) is 6.85. The molecule has 2 aromatic heterocycles. The molecule has 9 heteroatoms. The van der Waals surface area contributed by atoms with E-state index in [9.17, 15) is 4.39 Å². The minimum absolute atomic E-state index is 0.0876. The van der Waals surface area contributed by atoms with Crippen LogP contribution in [0.1, 0.15) is 19.8 Å². The lowest BCUT2D eigenvalue weighted by Crippen LogP contribution is -2.52. The number of pyridine rings is 1. The Bertz CT molecular complexity index is 1150. The first-order valence-electron chi connectivity index (χ1n) is 11.2. The van der Waals surface area contributed by atoms with Gasteiger partial charge in [0.1, 0.15) is 17.5 Å². The zero-order valence-electron chi connectivity index (χ0n) is 18.4. The van der Waals surface area contributed by atoms with Crippen LogP contribution in [0.3, 0.4) is 0 Å². The Balaban J connectivity index is 1.47. The van der Waals surface area contributed by atoms with E-state index in [4.69, 9.17) is 33.2 Å². The summed E-state index contributed by atoms with van der Waals surface area (Å²) in [5, 5.41) is 0.747. The lowest BCUT2D eigenvalue weighted by molar-refractivity contribution is 0.542. The summed E-state index contributed by atoms with van der Waals surface area (Å²) in [6.07, 6.45) is 4.03. The maximum absolute atomic E-state index is 13.8. The van der Waals surface area contributed by atoms with Crippen LogP contribution < -0.4 is 14.7 Å². The highest BCUT2D eigenvalue weighted by Gasteiger charge is 2.28.